The van der Waals surface area contributed by atoms with E-state index in [4.69, 9.17) is 14.2 Å². The molecule has 0 spiro atoms. The molecule has 3 aliphatic rings. The lowest BCUT2D eigenvalue weighted by molar-refractivity contribution is -0.128. The molecule has 0 amide bonds. The van der Waals surface area contributed by atoms with Gasteiger partial charge in [0.1, 0.15) is 22.7 Å². The number of aryl methyl sites for hydroxylation is 1. The molecule has 1 aliphatic carbocycles. The number of carbonyl (C=O) groups excluding carboxylic acids is 1. The molecular formula is C23H30O4. The summed E-state index contributed by atoms with van der Waals surface area (Å²) in [5, 5.41) is 0. The van der Waals surface area contributed by atoms with E-state index in [-0.39, 0.29) is 17.5 Å². The van der Waals surface area contributed by atoms with Crippen LogP contribution in [0.4, 0.5) is 0 Å². The van der Waals surface area contributed by atoms with Crippen LogP contribution in [0.3, 0.4) is 0 Å². The molecule has 2 aliphatic heterocycles. The molecule has 1 aromatic rings. The summed E-state index contributed by atoms with van der Waals surface area (Å²) >= 11 is 0. The first-order valence-electron chi connectivity index (χ1n) is 10.1. The van der Waals surface area contributed by atoms with Gasteiger partial charge in [0.05, 0.1) is 0 Å². The average Bonchev–Trinajstić information content (AvgIpc) is 2.52. The van der Waals surface area contributed by atoms with Crippen LogP contribution in [0, 0.1) is 5.92 Å². The van der Waals surface area contributed by atoms with Crippen LogP contribution in [0.1, 0.15) is 88.2 Å². The van der Waals surface area contributed by atoms with Crippen LogP contribution in [-0.4, -0.2) is 17.4 Å². The molecule has 0 bridgehead atoms. The minimum Gasteiger partial charge on any atom is -0.487 e. The summed E-state index contributed by atoms with van der Waals surface area (Å²) in [4.78, 5) is 12.9. The van der Waals surface area contributed by atoms with Crippen molar-refractivity contribution >= 4 is 5.97 Å². The van der Waals surface area contributed by atoms with Crippen molar-refractivity contribution in [2.75, 3.05) is 0 Å². The number of fused-ring (bicyclic) bond motifs is 5. The maximum absolute atomic E-state index is 12.9. The summed E-state index contributed by atoms with van der Waals surface area (Å²) in [7, 11) is 0. The van der Waals surface area contributed by atoms with Crippen molar-refractivity contribution in [1.82, 2.24) is 0 Å². The van der Waals surface area contributed by atoms with E-state index in [0.29, 0.717) is 17.2 Å². The van der Waals surface area contributed by atoms with Gasteiger partial charge in [-0.15, -0.1) is 0 Å². The fraction of sp³-hybridized carbons (Fsp3) is 0.609. The van der Waals surface area contributed by atoms with E-state index < -0.39 is 5.79 Å². The molecule has 0 saturated heterocycles. The molecule has 4 heteroatoms. The molecule has 0 radical (unpaired) electrons. The third-order valence-corrected chi connectivity index (χ3v) is 6.12. The van der Waals surface area contributed by atoms with Crippen molar-refractivity contribution in [3.8, 4) is 11.5 Å². The first-order valence-corrected chi connectivity index (χ1v) is 10.1. The monoisotopic (exact) mass is 370 g/mol. The largest absolute Gasteiger partial charge is 0.487 e. The molecule has 1 aromatic carbocycles. The van der Waals surface area contributed by atoms with Crippen molar-refractivity contribution in [2.24, 2.45) is 5.92 Å². The van der Waals surface area contributed by atoms with Crippen molar-refractivity contribution in [1.29, 1.82) is 0 Å². The third-order valence-electron chi connectivity index (χ3n) is 6.12. The van der Waals surface area contributed by atoms with Crippen LogP contribution < -0.4 is 9.47 Å². The molecule has 27 heavy (non-hydrogen) atoms. The Labute approximate surface area is 161 Å². The smallest absolute Gasteiger partial charge is 0.345 e. The van der Waals surface area contributed by atoms with Crippen LogP contribution in [0.5, 0.6) is 11.5 Å². The highest BCUT2D eigenvalue weighted by Gasteiger charge is 2.48. The van der Waals surface area contributed by atoms with Crippen LogP contribution in [0.15, 0.2) is 17.7 Å². The average molecular weight is 370 g/mol. The van der Waals surface area contributed by atoms with E-state index in [2.05, 4.69) is 39.8 Å². The first kappa shape index (κ1) is 18.4. The van der Waals surface area contributed by atoms with Gasteiger partial charge in [-0.2, -0.15) is 0 Å². The number of cyclic esters (lactones) is 1. The highest BCUT2D eigenvalue weighted by atomic mass is 16.7. The minimum absolute atomic E-state index is 0.198. The SMILES string of the molecule is CCCc1cc2c(c3c1C(=O)OC(C)(C)O3)[C@@H]1C=C(C)CC[C@H]1C(C)(C)O2. The van der Waals surface area contributed by atoms with Gasteiger partial charge in [0.25, 0.3) is 0 Å². The Hall–Kier alpha value is -1.97. The van der Waals surface area contributed by atoms with E-state index in [9.17, 15) is 4.79 Å². The van der Waals surface area contributed by atoms with Gasteiger partial charge in [0.15, 0.2) is 0 Å². The number of hydrogen-bond donors (Lipinski definition) is 0. The van der Waals surface area contributed by atoms with Gasteiger partial charge in [0.2, 0.25) is 5.79 Å². The number of rotatable bonds is 2. The normalized spacial score (nSPS) is 27.2. The molecule has 0 N–H and O–H groups in total. The van der Waals surface area contributed by atoms with E-state index in [1.165, 1.54) is 5.57 Å². The quantitative estimate of drug-likeness (QED) is 0.507. The molecule has 2 heterocycles. The number of hydrogen-bond acceptors (Lipinski definition) is 4. The van der Waals surface area contributed by atoms with Gasteiger partial charge in [-0.1, -0.05) is 25.0 Å². The molecule has 0 aromatic heterocycles. The second-order valence-corrected chi connectivity index (χ2v) is 9.18. The Kier molecular flexibility index (Phi) is 4.10. The van der Waals surface area contributed by atoms with Crippen molar-refractivity contribution in [2.45, 2.75) is 84.5 Å². The number of carbonyl (C=O) groups is 1. The number of benzene rings is 1. The fourth-order valence-corrected chi connectivity index (χ4v) is 4.93. The standard InChI is InChI=1S/C23H30O4/c1-7-8-14-12-17-19(20-18(14)21(24)27-23(5,6)26-20)15-11-13(2)9-10-16(15)22(3,4)25-17/h11-12,15-16H,7-10H2,1-6H3/t15-,16-/m1/s1. The minimum atomic E-state index is -0.974. The van der Waals surface area contributed by atoms with Crippen molar-refractivity contribution in [3.63, 3.8) is 0 Å². The lowest BCUT2D eigenvalue weighted by Crippen LogP contribution is -2.46. The first-order chi connectivity index (χ1) is 12.6. The van der Waals surface area contributed by atoms with E-state index in [1.807, 2.05) is 0 Å². The highest BCUT2D eigenvalue weighted by Crippen LogP contribution is 2.56. The topological polar surface area (TPSA) is 44.8 Å². The second kappa shape index (κ2) is 6.02. The number of esters is 1. The molecule has 4 rings (SSSR count). The Morgan fingerprint density at radius 3 is 2.59 bits per heavy atom. The van der Waals surface area contributed by atoms with Crippen LogP contribution in [0.25, 0.3) is 0 Å². The van der Waals surface area contributed by atoms with Gasteiger partial charge < -0.3 is 14.2 Å². The predicted octanol–water partition coefficient (Wildman–Crippen LogP) is 5.54. The van der Waals surface area contributed by atoms with Crippen molar-refractivity contribution < 1.29 is 19.0 Å². The molecule has 0 saturated carbocycles. The predicted molar refractivity (Wildman–Crippen MR) is 104 cm³/mol. The van der Waals surface area contributed by atoms with Gasteiger partial charge in [-0.3, -0.25) is 0 Å². The van der Waals surface area contributed by atoms with E-state index in [1.54, 1.807) is 13.8 Å². The highest BCUT2D eigenvalue weighted by molar-refractivity contribution is 5.96. The second-order valence-electron chi connectivity index (χ2n) is 9.18. The van der Waals surface area contributed by atoms with Crippen molar-refractivity contribution in [3.05, 3.63) is 34.4 Å². The Balaban J connectivity index is 2.00. The van der Waals surface area contributed by atoms with E-state index in [0.717, 1.165) is 42.6 Å². The van der Waals surface area contributed by atoms with Gasteiger partial charge >= 0.3 is 5.97 Å². The fourth-order valence-electron chi connectivity index (χ4n) is 4.93. The summed E-state index contributed by atoms with van der Waals surface area (Å²) in [5.74, 6) is 0.834. The maximum Gasteiger partial charge on any atom is 0.345 e. The lowest BCUT2D eigenvalue weighted by Gasteiger charge is -2.48. The Bertz CT molecular complexity index is 831. The lowest BCUT2D eigenvalue weighted by atomic mass is 9.67. The molecule has 4 nitrogen and oxygen atoms in total. The van der Waals surface area contributed by atoms with Gasteiger partial charge in [-0.05, 0) is 51.7 Å². The van der Waals surface area contributed by atoms with E-state index >= 15 is 0 Å². The summed E-state index contributed by atoms with van der Waals surface area (Å²) in [6, 6.07) is 2.05. The van der Waals surface area contributed by atoms with Crippen LogP contribution in [-0.2, 0) is 11.2 Å². The molecule has 0 fully saturated rings. The zero-order valence-electron chi connectivity index (χ0n) is 17.3. The summed E-state index contributed by atoms with van der Waals surface area (Å²) in [6.07, 6.45) is 6.26. The Morgan fingerprint density at radius 1 is 1.15 bits per heavy atom. The third kappa shape index (κ3) is 2.94. The molecule has 146 valence electrons. The van der Waals surface area contributed by atoms with Gasteiger partial charge in [-0.25, -0.2) is 4.79 Å². The zero-order valence-corrected chi connectivity index (χ0v) is 17.3. The molecule has 2 atom stereocenters. The summed E-state index contributed by atoms with van der Waals surface area (Å²) in [5.41, 5.74) is 3.71. The Morgan fingerprint density at radius 2 is 1.89 bits per heavy atom. The van der Waals surface area contributed by atoms with Gasteiger partial charge in [0, 0.05) is 31.2 Å². The number of ether oxygens (including phenoxy) is 3. The zero-order chi connectivity index (χ0) is 19.6. The molecular weight excluding hydrogens is 340 g/mol. The van der Waals surface area contributed by atoms with Crippen LogP contribution in [0.2, 0.25) is 0 Å². The number of allylic oxidation sites excluding steroid dienone is 2. The maximum atomic E-state index is 12.9. The van der Waals surface area contributed by atoms with Crippen LogP contribution >= 0.6 is 0 Å². The summed E-state index contributed by atoms with van der Waals surface area (Å²) < 4.78 is 18.4. The summed E-state index contributed by atoms with van der Waals surface area (Å²) in [6.45, 7) is 12.2. The molecule has 0 unspecified atom stereocenters.